The number of halogens is 1. The molecule has 10 heteroatoms. The van der Waals surface area contributed by atoms with Crippen molar-refractivity contribution in [2.24, 2.45) is 23.7 Å². The molecule has 4 fully saturated rings. The van der Waals surface area contributed by atoms with Crippen LogP contribution in [-0.4, -0.2) is 90.7 Å². The molecule has 1 spiro atoms. The number of morpholine rings is 1. The van der Waals surface area contributed by atoms with Gasteiger partial charge in [-0.3, -0.25) is 19.3 Å². The Bertz CT molecular complexity index is 1190. The molecule has 1 saturated carbocycles. The average Bonchev–Trinajstić information content (AvgIpc) is 3.58. The highest BCUT2D eigenvalue weighted by molar-refractivity contribution is 6.30. The number of amides is 3. The van der Waals surface area contributed by atoms with E-state index in [1.165, 1.54) is 0 Å². The van der Waals surface area contributed by atoms with Crippen molar-refractivity contribution < 1.29 is 23.9 Å². The van der Waals surface area contributed by atoms with Gasteiger partial charge >= 0.3 is 0 Å². The molecule has 8 atom stereocenters. The number of anilines is 1. The van der Waals surface area contributed by atoms with Crippen molar-refractivity contribution in [1.82, 2.24) is 15.1 Å². The van der Waals surface area contributed by atoms with Crippen LogP contribution in [0, 0.1) is 23.7 Å². The highest BCUT2D eigenvalue weighted by Crippen LogP contribution is 2.55. The lowest BCUT2D eigenvalue weighted by Crippen LogP contribution is -2.58. The van der Waals surface area contributed by atoms with Crippen molar-refractivity contribution in [3.63, 3.8) is 0 Å². The second kappa shape index (κ2) is 11.1. The first kappa shape index (κ1) is 27.7. The van der Waals surface area contributed by atoms with Crippen LogP contribution in [0.1, 0.15) is 33.1 Å². The zero-order valence-electron chi connectivity index (χ0n) is 23.2. The van der Waals surface area contributed by atoms with Gasteiger partial charge < -0.3 is 25.0 Å². The van der Waals surface area contributed by atoms with Crippen molar-refractivity contribution in [2.45, 2.75) is 56.9 Å². The Hall–Kier alpha value is -2.46. The minimum absolute atomic E-state index is 0.0485. The third-order valence-electron chi connectivity index (χ3n) is 9.81. The van der Waals surface area contributed by atoms with E-state index in [-0.39, 0.29) is 23.8 Å². The number of rotatable bonds is 7. The molecule has 2 bridgehead atoms. The Morgan fingerprint density at radius 2 is 1.93 bits per heavy atom. The molecule has 2 N–H and O–H groups in total. The minimum Gasteiger partial charge on any atom is -0.379 e. The summed E-state index contributed by atoms with van der Waals surface area (Å²) < 4.78 is 12.0. The van der Waals surface area contributed by atoms with Gasteiger partial charge in [-0.2, -0.15) is 0 Å². The number of ether oxygens (including phenoxy) is 2. The van der Waals surface area contributed by atoms with Crippen LogP contribution >= 0.6 is 11.6 Å². The molecular formula is C30H39ClN4O5. The summed E-state index contributed by atoms with van der Waals surface area (Å²) in [5.74, 6) is -1.34. The van der Waals surface area contributed by atoms with E-state index in [2.05, 4.69) is 29.4 Å². The van der Waals surface area contributed by atoms with Gasteiger partial charge in [-0.05, 0) is 36.5 Å². The van der Waals surface area contributed by atoms with Crippen molar-refractivity contribution in [1.29, 1.82) is 0 Å². The van der Waals surface area contributed by atoms with Crippen molar-refractivity contribution in [3.8, 4) is 0 Å². The number of nitrogens with zero attached hydrogens (tertiary/aromatic N) is 2. The first-order chi connectivity index (χ1) is 19.3. The van der Waals surface area contributed by atoms with Crippen LogP contribution in [0.2, 0.25) is 5.02 Å². The fourth-order valence-corrected chi connectivity index (χ4v) is 7.61. The van der Waals surface area contributed by atoms with E-state index in [1.807, 2.05) is 12.2 Å². The Balaban J connectivity index is 1.27. The van der Waals surface area contributed by atoms with Crippen LogP contribution < -0.4 is 10.6 Å². The molecule has 0 radical (unpaired) electrons. The van der Waals surface area contributed by atoms with Crippen molar-refractivity contribution in [2.75, 3.05) is 44.7 Å². The van der Waals surface area contributed by atoms with Crippen LogP contribution in [0.15, 0.2) is 36.4 Å². The molecule has 1 aromatic carbocycles. The van der Waals surface area contributed by atoms with E-state index in [9.17, 15) is 14.4 Å². The highest BCUT2D eigenvalue weighted by Gasteiger charge is 2.72. The number of nitrogens with one attached hydrogen (secondary N) is 2. The summed E-state index contributed by atoms with van der Waals surface area (Å²) in [4.78, 5) is 45.9. The van der Waals surface area contributed by atoms with Crippen molar-refractivity contribution in [3.05, 3.63) is 41.4 Å². The van der Waals surface area contributed by atoms with Crippen LogP contribution in [-0.2, 0) is 23.9 Å². The summed E-state index contributed by atoms with van der Waals surface area (Å²) in [7, 11) is 0. The molecule has 5 aliphatic rings. The molecule has 1 aliphatic carbocycles. The molecule has 1 aromatic rings. The fourth-order valence-electron chi connectivity index (χ4n) is 7.42. The van der Waals surface area contributed by atoms with Gasteiger partial charge in [0.2, 0.25) is 17.7 Å². The zero-order valence-corrected chi connectivity index (χ0v) is 23.9. The molecule has 0 aromatic heterocycles. The quantitative estimate of drug-likeness (QED) is 0.489. The molecule has 4 heterocycles. The predicted octanol–water partition coefficient (Wildman–Crippen LogP) is 2.70. The second-order valence-electron chi connectivity index (χ2n) is 12.1. The topological polar surface area (TPSA) is 100 Å². The molecule has 9 nitrogen and oxygen atoms in total. The maximum Gasteiger partial charge on any atom is 0.246 e. The highest BCUT2D eigenvalue weighted by atomic mass is 35.5. The molecule has 6 rings (SSSR count). The van der Waals surface area contributed by atoms with E-state index in [0.717, 1.165) is 32.4 Å². The first-order valence-electron chi connectivity index (χ1n) is 14.6. The molecule has 216 valence electrons. The van der Waals surface area contributed by atoms with Crippen LogP contribution in [0.4, 0.5) is 5.69 Å². The van der Waals surface area contributed by atoms with Gasteiger partial charge in [-0.25, -0.2) is 0 Å². The lowest BCUT2D eigenvalue weighted by atomic mass is 9.73. The monoisotopic (exact) mass is 570 g/mol. The van der Waals surface area contributed by atoms with E-state index >= 15 is 0 Å². The molecule has 40 heavy (non-hydrogen) atoms. The third-order valence-corrected chi connectivity index (χ3v) is 10.0. The SMILES string of the molecule is C[C@@H]1[C@H](C)CCC[C@@H]1NC(=O)[C@@H]1N(CCN2CCOCC2)C(=O)[C@H]2[C@@H](C(=O)Nc3cccc(Cl)c3)[C@H]3C=C[C@@]12O3. The summed E-state index contributed by atoms with van der Waals surface area (Å²) in [6, 6.07) is 6.15. The Labute approximate surface area is 240 Å². The summed E-state index contributed by atoms with van der Waals surface area (Å²) >= 11 is 6.13. The number of benzene rings is 1. The number of likely N-dealkylation sites (tertiary alicyclic amines) is 1. The van der Waals surface area contributed by atoms with Gasteiger partial charge in [0.1, 0.15) is 11.6 Å². The lowest BCUT2D eigenvalue weighted by Gasteiger charge is -2.38. The van der Waals surface area contributed by atoms with E-state index in [0.29, 0.717) is 48.8 Å². The zero-order chi connectivity index (χ0) is 28.0. The van der Waals surface area contributed by atoms with E-state index < -0.39 is 29.6 Å². The van der Waals surface area contributed by atoms with E-state index in [1.54, 1.807) is 29.2 Å². The smallest absolute Gasteiger partial charge is 0.246 e. The largest absolute Gasteiger partial charge is 0.379 e. The first-order valence-corrected chi connectivity index (χ1v) is 15.0. The molecule has 3 saturated heterocycles. The maximum atomic E-state index is 14.2. The normalized spacial score (nSPS) is 37.0. The van der Waals surface area contributed by atoms with Gasteiger partial charge in [0.05, 0.1) is 31.2 Å². The molecular weight excluding hydrogens is 532 g/mol. The Morgan fingerprint density at radius 3 is 2.70 bits per heavy atom. The summed E-state index contributed by atoms with van der Waals surface area (Å²) in [5.41, 5.74) is -0.612. The number of carbonyl (C=O) groups is 3. The van der Waals surface area contributed by atoms with Crippen LogP contribution in [0.25, 0.3) is 0 Å². The Kier molecular flexibility index (Phi) is 7.67. The van der Waals surface area contributed by atoms with Gasteiger partial charge in [-0.1, -0.05) is 56.5 Å². The predicted molar refractivity (Wildman–Crippen MR) is 151 cm³/mol. The van der Waals surface area contributed by atoms with Gasteiger partial charge in [0.15, 0.2) is 0 Å². The summed E-state index contributed by atoms with van der Waals surface area (Å²) in [6.07, 6.45) is 6.30. The molecule has 4 aliphatic heterocycles. The van der Waals surface area contributed by atoms with Crippen LogP contribution in [0.3, 0.4) is 0 Å². The van der Waals surface area contributed by atoms with Gasteiger partial charge in [0, 0.05) is 42.9 Å². The van der Waals surface area contributed by atoms with Crippen LogP contribution in [0.5, 0.6) is 0 Å². The van der Waals surface area contributed by atoms with E-state index in [4.69, 9.17) is 21.1 Å². The number of fused-ring (bicyclic) bond motifs is 1. The third kappa shape index (κ3) is 4.85. The summed E-state index contributed by atoms with van der Waals surface area (Å²) in [5, 5.41) is 6.75. The second-order valence-corrected chi connectivity index (χ2v) is 12.5. The van der Waals surface area contributed by atoms with Gasteiger partial charge in [0.25, 0.3) is 0 Å². The number of carbonyl (C=O) groups excluding carboxylic acids is 3. The average molecular weight is 571 g/mol. The van der Waals surface area contributed by atoms with Gasteiger partial charge in [-0.15, -0.1) is 0 Å². The Morgan fingerprint density at radius 1 is 1.12 bits per heavy atom. The minimum atomic E-state index is -1.17. The lowest BCUT2D eigenvalue weighted by molar-refractivity contribution is -0.142. The molecule has 3 amide bonds. The number of hydrogen-bond acceptors (Lipinski definition) is 6. The standard InChI is InChI=1S/C30H39ClN4O5/c1-18-5-3-8-22(19(18)2)33-28(37)26-30-10-9-23(40-30)24(27(36)32-21-7-4-6-20(31)17-21)25(30)29(38)35(26)12-11-34-13-15-39-16-14-34/h4,6-7,9-10,17-19,22-26H,3,5,8,11-16H2,1-2H3,(H,32,36)(H,33,37)/t18-,19-,22+,23-,24+,25-,26+,30+/m1/s1. The van der Waals surface area contributed by atoms with Crippen molar-refractivity contribution >= 4 is 35.0 Å². The fraction of sp³-hybridized carbons (Fsp3) is 0.633. The molecule has 0 unspecified atom stereocenters. The maximum absolute atomic E-state index is 14.2. The summed E-state index contributed by atoms with van der Waals surface area (Å²) in [6.45, 7) is 8.32. The number of hydrogen-bond donors (Lipinski definition) is 2.